The molecule has 0 aliphatic carbocycles. The third-order valence-electron chi connectivity index (χ3n) is 2.82. The van der Waals surface area contributed by atoms with Crippen molar-refractivity contribution in [3.8, 4) is 11.5 Å². The highest BCUT2D eigenvalue weighted by atomic mass is 32.2. The summed E-state index contributed by atoms with van der Waals surface area (Å²) in [6.45, 7) is 2.64. The van der Waals surface area contributed by atoms with Crippen molar-refractivity contribution in [3.05, 3.63) is 23.3 Å². The van der Waals surface area contributed by atoms with Crippen LogP contribution in [0.2, 0.25) is 0 Å². The highest BCUT2D eigenvalue weighted by molar-refractivity contribution is 8.14. The molecule has 0 unspecified atom stereocenters. The molecule has 19 heavy (non-hydrogen) atoms. The summed E-state index contributed by atoms with van der Waals surface area (Å²) < 4.78 is 10.5. The van der Waals surface area contributed by atoms with Gasteiger partial charge in [-0.2, -0.15) is 0 Å². The van der Waals surface area contributed by atoms with Crippen molar-refractivity contribution in [2.75, 3.05) is 26.5 Å². The van der Waals surface area contributed by atoms with E-state index in [0.29, 0.717) is 22.2 Å². The second-order valence-electron chi connectivity index (χ2n) is 4.00. The normalized spacial score (nSPS) is 13.9. The van der Waals surface area contributed by atoms with E-state index in [-0.39, 0.29) is 5.91 Å². The Morgan fingerprint density at radius 3 is 2.42 bits per heavy atom. The topological polar surface area (TPSA) is 59.9 Å². The summed E-state index contributed by atoms with van der Waals surface area (Å²) in [6.07, 6.45) is 0. The molecule has 5 nitrogen and oxygen atoms in total. The number of ether oxygens (including phenoxy) is 2. The molecule has 1 heterocycles. The molecule has 1 aromatic carbocycles. The Balaban J connectivity index is 2.25. The molecule has 0 radical (unpaired) electrons. The Hall–Kier alpha value is -1.69. The molecular formula is C13H16N2O3S. The smallest absolute Gasteiger partial charge is 0.257 e. The molecule has 0 bridgehead atoms. The van der Waals surface area contributed by atoms with E-state index < -0.39 is 0 Å². The first kappa shape index (κ1) is 13.7. The van der Waals surface area contributed by atoms with Gasteiger partial charge in [-0.15, -0.1) is 0 Å². The van der Waals surface area contributed by atoms with Gasteiger partial charge in [0.2, 0.25) is 0 Å². The predicted octanol–water partition coefficient (Wildman–Crippen LogP) is 1.84. The fourth-order valence-corrected chi connectivity index (χ4v) is 2.52. The molecule has 0 atom stereocenters. The minimum Gasteiger partial charge on any atom is -0.496 e. The summed E-state index contributed by atoms with van der Waals surface area (Å²) in [7, 11) is 3.14. The second kappa shape index (κ2) is 5.97. The number of aliphatic imine (C=N–C) groups is 1. The number of nitrogens with one attached hydrogen (secondary N) is 1. The SMILES string of the molecule is COc1cc(C(=O)NC2=NCCS2)cc(OC)c1C. The molecule has 0 saturated carbocycles. The number of carbonyl (C=O) groups is 1. The average Bonchev–Trinajstić information content (AvgIpc) is 2.91. The summed E-state index contributed by atoms with van der Waals surface area (Å²) in [4.78, 5) is 16.3. The summed E-state index contributed by atoms with van der Waals surface area (Å²) in [5, 5.41) is 3.45. The van der Waals surface area contributed by atoms with Crippen molar-refractivity contribution < 1.29 is 14.3 Å². The Morgan fingerprint density at radius 1 is 1.32 bits per heavy atom. The van der Waals surface area contributed by atoms with Gasteiger partial charge < -0.3 is 14.8 Å². The standard InChI is InChI=1S/C13H16N2O3S/c1-8-10(17-2)6-9(7-11(8)18-3)12(16)15-13-14-4-5-19-13/h6-7H,4-5H2,1-3H3,(H,14,15,16). The second-order valence-corrected chi connectivity index (χ2v) is 5.08. The Morgan fingerprint density at radius 2 is 1.95 bits per heavy atom. The highest BCUT2D eigenvalue weighted by Crippen LogP contribution is 2.29. The zero-order chi connectivity index (χ0) is 13.8. The average molecular weight is 280 g/mol. The minimum absolute atomic E-state index is 0.204. The lowest BCUT2D eigenvalue weighted by Gasteiger charge is -2.12. The molecule has 0 fully saturated rings. The van der Waals surface area contributed by atoms with Crippen LogP contribution in [0.15, 0.2) is 17.1 Å². The van der Waals surface area contributed by atoms with E-state index in [4.69, 9.17) is 9.47 Å². The van der Waals surface area contributed by atoms with Crippen LogP contribution in [0.25, 0.3) is 0 Å². The molecule has 0 saturated heterocycles. The van der Waals surface area contributed by atoms with E-state index in [1.165, 1.54) is 0 Å². The summed E-state index contributed by atoms with van der Waals surface area (Å²) >= 11 is 1.54. The third kappa shape index (κ3) is 3.01. The van der Waals surface area contributed by atoms with Crippen molar-refractivity contribution in [2.24, 2.45) is 4.99 Å². The maximum Gasteiger partial charge on any atom is 0.257 e. The monoisotopic (exact) mass is 280 g/mol. The van der Waals surface area contributed by atoms with Crippen LogP contribution in [-0.4, -0.2) is 37.6 Å². The van der Waals surface area contributed by atoms with Crippen molar-refractivity contribution in [2.45, 2.75) is 6.92 Å². The predicted molar refractivity (Wildman–Crippen MR) is 76.5 cm³/mol. The lowest BCUT2D eigenvalue weighted by molar-refractivity contribution is 0.0977. The number of benzene rings is 1. The maximum absolute atomic E-state index is 12.1. The molecule has 1 aliphatic heterocycles. The van der Waals surface area contributed by atoms with Crippen LogP contribution < -0.4 is 14.8 Å². The van der Waals surface area contributed by atoms with Crippen molar-refractivity contribution in [1.29, 1.82) is 0 Å². The van der Waals surface area contributed by atoms with Crippen LogP contribution in [0, 0.1) is 6.92 Å². The number of carbonyl (C=O) groups excluding carboxylic acids is 1. The molecule has 6 heteroatoms. The number of thioether (sulfide) groups is 1. The third-order valence-corrected chi connectivity index (χ3v) is 3.71. The lowest BCUT2D eigenvalue weighted by atomic mass is 10.1. The van der Waals surface area contributed by atoms with Gasteiger partial charge in [-0.3, -0.25) is 9.79 Å². The summed E-state index contributed by atoms with van der Waals surface area (Å²) in [5.74, 6) is 1.97. The molecule has 0 aromatic heterocycles. The Kier molecular flexibility index (Phi) is 4.31. The molecule has 1 amide bonds. The van der Waals surface area contributed by atoms with E-state index >= 15 is 0 Å². The van der Waals surface area contributed by atoms with Gasteiger partial charge in [0.25, 0.3) is 5.91 Å². The first-order valence-corrected chi connectivity index (χ1v) is 6.85. The van der Waals surface area contributed by atoms with Gasteiger partial charge in [0.15, 0.2) is 5.17 Å². The Bertz CT molecular complexity index is 504. The van der Waals surface area contributed by atoms with Gasteiger partial charge in [-0.1, -0.05) is 11.8 Å². The van der Waals surface area contributed by atoms with Gasteiger partial charge in [-0.25, -0.2) is 0 Å². The van der Waals surface area contributed by atoms with E-state index in [0.717, 1.165) is 17.9 Å². The lowest BCUT2D eigenvalue weighted by Crippen LogP contribution is -2.27. The van der Waals surface area contributed by atoms with Gasteiger partial charge in [0, 0.05) is 16.9 Å². The maximum atomic E-state index is 12.1. The number of amidine groups is 1. The van der Waals surface area contributed by atoms with E-state index in [1.54, 1.807) is 38.1 Å². The van der Waals surface area contributed by atoms with E-state index in [9.17, 15) is 4.79 Å². The van der Waals surface area contributed by atoms with Crippen molar-refractivity contribution in [3.63, 3.8) is 0 Å². The quantitative estimate of drug-likeness (QED) is 0.918. The van der Waals surface area contributed by atoms with Gasteiger partial charge in [0.05, 0.1) is 20.8 Å². The number of hydrogen-bond donors (Lipinski definition) is 1. The first-order valence-electron chi connectivity index (χ1n) is 5.87. The summed E-state index contributed by atoms with van der Waals surface area (Å²) in [6, 6.07) is 3.40. The largest absolute Gasteiger partial charge is 0.496 e. The van der Waals surface area contributed by atoms with E-state index in [1.807, 2.05) is 6.92 Å². The number of rotatable bonds is 3. The molecule has 0 spiro atoms. The van der Waals surface area contributed by atoms with Crippen LogP contribution in [-0.2, 0) is 0 Å². The van der Waals surface area contributed by atoms with Gasteiger partial charge in [0.1, 0.15) is 11.5 Å². The van der Waals surface area contributed by atoms with Gasteiger partial charge in [-0.05, 0) is 19.1 Å². The molecule has 1 aromatic rings. The number of hydrogen-bond acceptors (Lipinski definition) is 5. The zero-order valence-corrected chi connectivity index (χ0v) is 12.0. The van der Waals surface area contributed by atoms with Crippen LogP contribution in [0.5, 0.6) is 11.5 Å². The van der Waals surface area contributed by atoms with Crippen LogP contribution in [0.1, 0.15) is 15.9 Å². The number of methoxy groups -OCH3 is 2. The van der Waals surface area contributed by atoms with E-state index in [2.05, 4.69) is 10.3 Å². The highest BCUT2D eigenvalue weighted by Gasteiger charge is 2.16. The van der Waals surface area contributed by atoms with Crippen LogP contribution in [0.4, 0.5) is 0 Å². The first-order chi connectivity index (χ1) is 9.15. The zero-order valence-electron chi connectivity index (χ0n) is 11.1. The molecule has 1 N–H and O–H groups in total. The molecule has 1 aliphatic rings. The molecule has 102 valence electrons. The fourth-order valence-electron chi connectivity index (χ4n) is 1.80. The molecule has 2 rings (SSSR count). The Labute approximate surface area is 116 Å². The van der Waals surface area contributed by atoms with Crippen molar-refractivity contribution >= 4 is 22.8 Å². The fraction of sp³-hybridized carbons (Fsp3) is 0.385. The minimum atomic E-state index is -0.204. The number of amides is 1. The van der Waals surface area contributed by atoms with Crippen molar-refractivity contribution in [1.82, 2.24) is 5.32 Å². The van der Waals surface area contributed by atoms with Gasteiger partial charge >= 0.3 is 0 Å². The molecular weight excluding hydrogens is 264 g/mol. The number of nitrogens with zero attached hydrogens (tertiary/aromatic N) is 1. The van der Waals surface area contributed by atoms with Crippen LogP contribution >= 0.6 is 11.8 Å². The van der Waals surface area contributed by atoms with Crippen LogP contribution in [0.3, 0.4) is 0 Å². The summed E-state index contributed by atoms with van der Waals surface area (Å²) in [5.41, 5.74) is 1.36.